The van der Waals surface area contributed by atoms with E-state index in [4.69, 9.17) is 0 Å². The Labute approximate surface area is 134 Å². The number of thioether (sulfide) groups is 2. The minimum Gasteiger partial charge on any atom is -0.508 e. The highest BCUT2D eigenvalue weighted by molar-refractivity contribution is 7.99. The Morgan fingerprint density at radius 1 is 0.571 bits per heavy atom. The maximum absolute atomic E-state index is 9.21. The van der Waals surface area contributed by atoms with E-state index in [-0.39, 0.29) is 0 Å². The summed E-state index contributed by atoms with van der Waals surface area (Å²) in [5.41, 5.74) is 0. The number of rotatable bonds is 8. The van der Waals surface area contributed by atoms with Gasteiger partial charge in [0.25, 0.3) is 0 Å². The zero-order valence-corrected chi connectivity index (χ0v) is 13.5. The van der Waals surface area contributed by atoms with Crippen LogP contribution in [0.5, 0.6) is 11.5 Å². The van der Waals surface area contributed by atoms with Gasteiger partial charge in [0, 0.05) is 9.79 Å². The van der Waals surface area contributed by atoms with Crippen molar-refractivity contribution in [1.29, 1.82) is 0 Å². The molecular formula is C17H20O2S2. The van der Waals surface area contributed by atoms with Gasteiger partial charge >= 0.3 is 0 Å². The minimum absolute atomic E-state index is 0.325. The van der Waals surface area contributed by atoms with Crippen molar-refractivity contribution in [3.05, 3.63) is 48.5 Å². The smallest absolute Gasteiger partial charge is 0.115 e. The number of hydrogen-bond acceptors (Lipinski definition) is 4. The maximum Gasteiger partial charge on any atom is 0.115 e. The van der Waals surface area contributed by atoms with Crippen molar-refractivity contribution < 1.29 is 10.2 Å². The monoisotopic (exact) mass is 320 g/mol. The molecule has 2 aromatic carbocycles. The molecule has 0 fully saturated rings. The molecule has 0 aliphatic carbocycles. The average Bonchev–Trinajstić information content (AvgIpc) is 2.50. The van der Waals surface area contributed by atoms with E-state index in [9.17, 15) is 10.2 Å². The molecule has 0 aliphatic rings. The second kappa shape index (κ2) is 8.90. The van der Waals surface area contributed by atoms with Gasteiger partial charge in [0.2, 0.25) is 0 Å². The number of phenols is 2. The topological polar surface area (TPSA) is 40.5 Å². The lowest BCUT2D eigenvalue weighted by atomic mass is 10.3. The summed E-state index contributed by atoms with van der Waals surface area (Å²) in [5.74, 6) is 2.89. The highest BCUT2D eigenvalue weighted by atomic mass is 32.2. The molecule has 0 unspecified atom stereocenters. The Kier molecular flexibility index (Phi) is 6.83. The van der Waals surface area contributed by atoms with Gasteiger partial charge < -0.3 is 10.2 Å². The van der Waals surface area contributed by atoms with Gasteiger partial charge in [-0.05, 0) is 72.9 Å². The first-order valence-corrected chi connectivity index (χ1v) is 9.05. The van der Waals surface area contributed by atoms with Gasteiger partial charge in [0.15, 0.2) is 0 Å². The lowest BCUT2D eigenvalue weighted by molar-refractivity contribution is 0.474. The fraction of sp³-hybridized carbons (Fsp3) is 0.294. The number of hydrogen-bond donors (Lipinski definition) is 2. The first kappa shape index (κ1) is 16.1. The van der Waals surface area contributed by atoms with E-state index in [0.717, 1.165) is 11.5 Å². The third kappa shape index (κ3) is 6.36. The maximum atomic E-state index is 9.21. The van der Waals surface area contributed by atoms with Gasteiger partial charge in [-0.1, -0.05) is 6.42 Å². The quantitative estimate of drug-likeness (QED) is 0.521. The van der Waals surface area contributed by atoms with Crippen LogP contribution in [0.2, 0.25) is 0 Å². The second-order valence-corrected chi connectivity index (χ2v) is 7.08. The second-order valence-electron chi connectivity index (χ2n) is 4.75. The molecule has 0 saturated carbocycles. The predicted molar refractivity (Wildman–Crippen MR) is 91.5 cm³/mol. The third-order valence-electron chi connectivity index (χ3n) is 3.00. The lowest BCUT2D eigenvalue weighted by Gasteiger charge is -2.03. The molecule has 2 N–H and O–H groups in total. The normalized spacial score (nSPS) is 10.7. The van der Waals surface area contributed by atoms with Crippen LogP contribution in [0.25, 0.3) is 0 Å². The van der Waals surface area contributed by atoms with Crippen molar-refractivity contribution in [2.75, 3.05) is 11.5 Å². The molecule has 0 aromatic heterocycles. The van der Waals surface area contributed by atoms with Gasteiger partial charge in [0.05, 0.1) is 0 Å². The van der Waals surface area contributed by atoms with Crippen molar-refractivity contribution in [2.24, 2.45) is 0 Å². The van der Waals surface area contributed by atoms with Gasteiger partial charge in [-0.15, -0.1) is 23.5 Å². The lowest BCUT2D eigenvalue weighted by Crippen LogP contribution is -1.84. The van der Waals surface area contributed by atoms with Crippen molar-refractivity contribution in [2.45, 2.75) is 29.1 Å². The van der Waals surface area contributed by atoms with Crippen molar-refractivity contribution in [3.63, 3.8) is 0 Å². The first-order chi connectivity index (χ1) is 10.2. The van der Waals surface area contributed by atoms with E-state index in [1.165, 1.54) is 29.1 Å². The molecule has 0 aliphatic heterocycles. The Balaban J connectivity index is 1.52. The molecule has 0 heterocycles. The molecule has 0 amide bonds. The molecule has 0 saturated heterocycles. The van der Waals surface area contributed by atoms with Crippen LogP contribution in [0.15, 0.2) is 58.3 Å². The molecular weight excluding hydrogens is 300 g/mol. The number of aromatic hydroxyl groups is 2. The van der Waals surface area contributed by atoms with E-state index in [1.54, 1.807) is 24.3 Å². The van der Waals surface area contributed by atoms with E-state index in [0.29, 0.717) is 11.5 Å². The van der Waals surface area contributed by atoms with Crippen LogP contribution in [0, 0.1) is 0 Å². The summed E-state index contributed by atoms with van der Waals surface area (Å²) in [6.45, 7) is 0. The van der Waals surface area contributed by atoms with Crippen LogP contribution in [-0.2, 0) is 0 Å². The van der Waals surface area contributed by atoms with E-state index < -0.39 is 0 Å². The average molecular weight is 320 g/mol. The number of unbranched alkanes of at least 4 members (excludes halogenated alkanes) is 2. The summed E-state index contributed by atoms with van der Waals surface area (Å²) in [5, 5.41) is 18.4. The minimum atomic E-state index is 0.325. The molecule has 2 aromatic rings. The van der Waals surface area contributed by atoms with Gasteiger partial charge in [-0.3, -0.25) is 0 Å². The molecule has 4 heteroatoms. The zero-order chi connectivity index (χ0) is 14.9. The standard InChI is InChI=1S/C17H20O2S2/c18-14-4-8-16(9-5-14)20-12-2-1-3-13-21-17-10-6-15(19)7-11-17/h4-11,18-19H,1-3,12-13H2. The largest absolute Gasteiger partial charge is 0.508 e. The first-order valence-electron chi connectivity index (χ1n) is 7.08. The summed E-state index contributed by atoms with van der Waals surface area (Å²) in [4.78, 5) is 2.43. The molecule has 0 bridgehead atoms. The molecule has 2 rings (SSSR count). The highest BCUT2D eigenvalue weighted by Crippen LogP contribution is 2.24. The van der Waals surface area contributed by atoms with E-state index in [1.807, 2.05) is 47.8 Å². The van der Waals surface area contributed by atoms with Crippen LogP contribution >= 0.6 is 23.5 Å². The highest BCUT2D eigenvalue weighted by Gasteiger charge is 1.97. The Morgan fingerprint density at radius 3 is 1.33 bits per heavy atom. The van der Waals surface area contributed by atoms with Crippen LogP contribution in [0.3, 0.4) is 0 Å². The Bertz CT molecular complexity index is 474. The summed E-state index contributed by atoms with van der Waals surface area (Å²) in [7, 11) is 0. The molecule has 2 nitrogen and oxygen atoms in total. The van der Waals surface area contributed by atoms with Crippen molar-refractivity contribution in [3.8, 4) is 11.5 Å². The van der Waals surface area contributed by atoms with Crippen molar-refractivity contribution >= 4 is 23.5 Å². The SMILES string of the molecule is Oc1ccc(SCCCCCSc2ccc(O)cc2)cc1. The van der Waals surface area contributed by atoms with Crippen LogP contribution in [0.4, 0.5) is 0 Å². The molecule has 21 heavy (non-hydrogen) atoms. The number of phenolic OH excluding ortho intramolecular Hbond substituents is 2. The summed E-state index contributed by atoms with van der Waals surface area (Å²) in [6, 6.07) is 14.8. The predicted octanol–water partition coefficient (Wildman–Crippen LogP) is 5.15. The van der Waals surface area contributed by atoms with Crippen molar-refractivity contribution in [1.82, 2.24) is 0 Å². The summed E-state index contributed by atoms with van der Waals surface area (Å²) in [6.07, 6.45) is 3.65. The third-order valence-corrected chi connectivity index (χ3v) is 5.20. The van der Waals surface area contributed by atoms with Crippen LogP contribution in [0.1, 0.15) is 19.3 Å². The van der Waals surface area contributed by atoms with Crippen LogP contribution < -0.4 is 0 Å². The fourth-order valence-corrected chi connectivity index (χ4v) is 3.67. The van der Waals surface area contributed by atoms with Gasteiger partial charge in [-0.2, -0.15) is 0 Å². The van der Waals surface area contributed by atoms with Crippen LogP contribution in [-0.4, -0.2) is 21.7 Å². The summed E-state index contributed by atoms with van der Waals surface area (Å²) >= 11 is 3.68. The molecule has 0 radical (unpaired) electrons. The Hall–Kier alpha value is -1.26. The van der Waals surface area contributed by atoms with Gasteiger partial charge in [0.1, 0.15) is 11.5 Å². The zero-order valence-electron chi connectivity index (χ0n) is 11.9. The van der Waals surface area contributed by atoms with E-state index in [2.05, 4.69) is 0 Å². The molecule has 0 spiro atoms. The number of benzene rings is 2. The fourth-order valence-electron chi connectivity index (χ4n) is 1.85. The molecule has 0 atom stereocenters. The van der Waals surface area contributed by atoms with E-state index >= 15 is 0 Å². The molecule has 112 valence electrons. The summed E-state index contributed by atoms with van der Waals surface area (Å²) < 4.78 is 0. The van der Waals surface area contributed by atoms with Gasteiger partial charge in [-0.25, -0.2) is 0 Å². The Morgan fingerprint density at radius 2 is 0.952 bits per heavy atom.